The van der Waals surface area contributed by atoms with Crippen molar-refractivity contribution < 1.29 is 9.90 Å². The highest BCUT2D eigenvalue weighted by Crippen LogP contribution is 2.07. The van der Waals surface area contributed by atoms with Gasteiger partial charge in [-0.15, -0.1) is 0 Å². The Morgan fingerprint density at radius 2 is 2.25 bits per heavy atom. The molecule has 1 atom stereocenters. The standard InChI is InChI=1S/C11H15ClN2O2/c1-7(2)9(6-15)14-11(16)8-3-4-10(12)13-5-8/h3-5,7,9,15H,6H2,1-2H3,(H,14,16). The highest BCUT2D eigenvalue weighted by molar-refractivity contribution is 6.29. The molecule has 5 heteroatoms. The van der Waals surface area contributed by atoms with E-state index >= 15 is 0 Å². The Labute approximate surface area is 99.6 Å². The first-order valence-corrected chi connectivity index (χ1v) is 5.45. The van der Waals surface area contributed by atoms with E-state index in [-0.39, 0.29) is 24.5 Å². The van der Waals surface area contributed by atoms with Gasteiger partial charge in [0.05, 0.1) is 18.2 Å². The van der Waals surface area contributed by atoms with Gasteiger partial charge in [-0.25, -0.2) is 4.98 Å². The van der Waals surface area contributed by atoms with Gasteiger partial charge in [0.25, 0.3) is 5.91 Å². The highest BCUT2D eigenvalue weighted by atomic mass is 35.5. The van der Waals surface area contributed by atoms with Crippen molar-refractivity contribution in [1.29, 1.82) is 0 Å². The van der Waals surface area contributed by atoms with Crippen molar-refractivity contribution in [2.24, 2.45) is 5.92 Å². The molecule has 1 unspecified atom stereocenters. The molecule has 1 aromatic heterocycles. The van der Waals surface area contributed by atoms with Crippen molar-refractivity contribution in [2.75, 3.05) is 6.61 Å². The Kier molecular flexibility index (Phi) is 4.71. The van der Waals surface area contributed by atoms with Crippen molar-refractivity contribution in [2.45, 2.75) is 19.9 Å². The molecule has 16 heavy (non-hydrogen) atoms. The van der Waals surface area contributed by atoms with Crippen LogP contribution >= 0.6 is 11.6 Å². The van der Waals surface area contributed by atoms with Gasteiger partial charge in [0.2, 0.25) is 0 Å². The van der Waals surface area contributed by atoms with Crippen LogP contribution in [0.3, 0.4) is 0 Å². The van der Waals surface area contributed by atoms with Crippen molar-refractivity contribution in [3.05, 3.63) is 29.0 Å². The second kappa shape index (κ2) is 5.82. The summed E-state index contributed by atoms with van der Waals surface area (Å²) in [7, 11) is 0. The average Bonchev–Trinajstić information content (AvgIpc) is 2.26. The fourth-order valence-electron chi connectivity index (χ4n) is 1.18. The first-order chi connectivity index (χ1) is 7.54. The number of halogens is 1. The first kappa shape index (κ1) is 12.9. The number of hydrogen-bond donors (Lipinski definition) is 2. The minimum absolute atomic E-state index is 0.0789. The molecule has 0 aliphatic carbocycles. The van der Waals surface area contributed by atoms with Gasteiger partial charge in [-0.1, -0.05) is 25.4 Å². The molecule has 0 aromatic carbocycles. The number of aliphatic hydroxyl groups is 1. The summed E-state index contributed by atoms with van der Waals surface area (Å²) in [5.41, 5.74) is 0.434. The van der Waals surface area contributed by atoms with Crippen LogP contribution in [0.2, 0.25) is 5.15 Å². The molecule has 1 heterocycles. The molecule has 1 rings (SSSR count). The van der Waals surface area contributed by atoms with Gasteiger partial charge in [-0.05, 0) is 18.1 Å². The second-order valence-corrected chi connectivity index (χ2v) is 4.26. The van der Waals surface area contributed by atoms with Crippen LogP contribution in [-0.2, 0) is 0 Å². The third-order valence-corrected chi connectivity index (χ3v) is 2.53. The van der Waals surface area contributed by atoms with E-state index in [1.54, 1.807) is 12.1 Å². The molecule has 0 bridgehead atoms. The molecular weight excluding hydrogens is 228 g/mol. The number of rotatable bonds is 4. The Balaban J connectivity index is 2.68. The smallest absolute Gasteiger partial charge is 0.253 e. The number of carbonyl (C=O) groups is 1. The van der Waals surface area contributed by atoms with Gasteiger partial charge in [0.1, 0.15) is 5.15 Å². The third kappa shape index (κ3) is 3.47. The maximum absolute atomic E-state index is 11.7. The van der Waals surface area contributed by atoms with E-state index in [1.165, 1.54) is 6.20 Å². The molecule has 2 N–H and O–H groups in total. The lowest BCUT2D eigenvalue weighted by atomic mass is 10.1. The van der Waals surface area contributed by atoms with Gasteiger partial charge in [-0.3, -0.25) is 4.79 Å². The molecule has 0 radical (unpaired) electrons. The van der Waals surface area contributed by atoms with Crippen molar-refractivity contribution >= 4 is 17.5 Å². The molecule has 0 saturated heterocycles. The highest BCUT2D eigenvalue weighted by Gasteiger charge is 2.16. The summed E-state index contributed by atoms with van der Waals surface area (Å²) in [6.07, 6.45) is 1.41. The number of nitrogens with one attached hydrogen (secondary N) is 1. The zero-order chi connectivity index (χ0) is 12.1. The fourth-order valence-corrected chi connectivity index (χ4v) is 1.30. The van der Waals surface area contributed by atoms with Crippen molar-refractivity contribution in [1.82, 2.24) is 10.3 Å². The monoisotopic (exact) mass is 242 g/mol. The summed E-state index contributed by atoms with van der Waals surface area (Å²) < 4.78 is 0. The minimum Gasteiger partial charge on any atom is -0.394 e. The molecule has 0 aliphatic rings. The summed E-state index contributed by atoms with van der Waals surface area (Å²) in [6.45, 7) is 3.78. The number of aliphatic hydroxyl groups excluding tert-OH is 1. The van der Waals surface area contributed by atoms with E-state index in [9.17, 15) is 4.79 Å². The Hall–Kier alpha value is -1.13. The quantitative estimate of drug-likeness (QED) is 0.787. The van der Waals surface area contributed by atoms with Crippen LogP contribution in [0.25, 0.3) is 0 Å². The lowest BCUT2D eigenvalue weighted by Gasteiger charge is -2.19. The zero-order valence-corrected chi connectivity index (χ0v) is 10.0. The Morgan fingerprint density at radius 3 is 2.69 bits per heavy atom. The third-order valence-electron chi connectivity index (χ3n) is 2.31. The lowest BCUT2D eigenvalue weighted by molar-refractivity contribution is 0.0896. The van der Waals surface area contributed by atoms with E-state index in [4.69, 9.17) is 16.7 Å². The summed E-state index contributed by atoms with van der Waals surface area (Å²) in [4.78, 5) is 15.5. The molecule has 0 saturated carbocycles. The van der Waals surface area contributed by atoms with Crippen LogP contribution < -0.4 is 5.32 Å². The predicted octanol–water partition coefficient (Wildman–Crippen LogP) is 1.48. The number of aromatic nitrogens is 1. The average molecular weight is 243 g/mol. The van der Waals surface area contributed by atoms with E-state index in [0.29, 0.717) is 10.7 Å². The van der Waals surface area contributed by atoms with Crippen LogP contribution in [0.1, 0.15) is 24.2 Å². The first-order valence-electron chi connectivity index (χ1n) is 5.08. The normalized spacial score (nSPS) is 12.6. The van der Waals surface area contributed by atoms with Crippen molar-refractivity contribution in [3.8, 4) is 0 Å². The molecule has 1 amide bonds. The van der Waals surface area contributed by atoms with Gasteiger partial charge in [0, 0.05) is 6.20 Å². The van der Waals surface area contributed by atoms with Gasteiger partial charge in [-0.2, -0.15) is 0 Å². The Morgan fingerprint density at radius 1 is 1.56 bits per heavy atom. The molecule has 0 aliphatic heterocycles. The van der Waals surface area contributed by atoms with Crippen LogP contribution in [-0.4, -0.2) is 28.6 Å². The number of carbonyl (C=O) groups excluding carboxylic acids is 1. The molecule has 4 nitrogen and oxygen atoms in total. The maximum atomic E-state index is 11.7. The van der Waals surface area contributed by atoms with Gasteiger partial charge < -0.3 is 10.4 Å². The molecular formula is C11H15ClN2O2. The largest absolute Gasteiger partial charge is 0.394 e. The number of nitrogens with zero attached hydrogens (tertiary/aromatic N) is 1. The van der Waals surface area contributed by atoms with Crippen LogP contribution in [0.15, 0.2) is 18.3 Å². The summed E-state index contributed by atoms with van der Waals surface area (Å²) in [5.74, 6) is -0.0777. The minimum atomic E-state index is -0.253. The van der Waals surface area contributed by atoms with Crippen LogP contribution in [0.5, 0.6) is 0 Å². The molecule has 88 valence electrons. The number of amides is 1. The van der Waals surface area contributed by atoms with E-state index < -0.39 is 0 Å². The SMILES string of the molecule is CC(C)C(CO)NC(=O)c1ccc(Cl)nc1. The van der Waals surface area contributed by atoms with E-state index in [1.807, 2.05) is 13.8 Å². The zero-order valence-electron chi connectivity index (χ0n) is 9.27. The van der Waals surface area contributed by atoms with Gasteiger partial charge >= 0.3 is 0 Å². The summed E-state index contributed by atoms with van der Waals surface area (Å²) in [6, 6.07) is 2.90. The summed E-state index contributed by atoms with van der Waals surface area (Å²) >= 11 is 5.62. The Bertz CT molecular complexity index is 352. The van der Waals surface area contributed by atoms with E-state index in [2.05, 4.69) is 10.3 Å². The molecule has 0 spiro atoms. The topological polar surface area (TPSA) is 62.2 Å². The number of hydrogen-bond acceptors (Lipinski definition) is 3. The molecule has 1 aromatic rings. The van der Waals surface area contributed by atoms with Crippen LogP contribution in [0, 0.1) is 5.92 Å². The fraction of sp³-hybridized carbons (Fsp3) is 0.455. The maximum Gasteiger partial charge on any atom is 0.253 e. The molecule has 0 fully saturated rings. The summed E-state index contributed by atoms with van der Waals surface area (Å²) in [5, 5.41) is 12.2. The predicted molar refractivity (Wildman–Crippen MR) is 62.4 cm³/mol. The van der Waals surface area contributed by atoms with E-state index in [0.717, 1.165) is 0 Å². The second-order valence-electron chi connectivity index (χ2n) is 3.88. The van der Waals surface area contributed by atoms with Crippen molar-refractivity contribution in [3.63, 3.8) is 0 Å². The lowest BCUT2D eigenvalue weighted by Crippen LogP contribution is -2.41. The van der Waals surface area contributed by atoms with Crippen LogP contribution in [0.4, 0.5) is 0 Å². The number of pyridine rings is 1. The van der Waals surface area contributed by atoms with Gasteiger partial charge in [0.15, 0.2) is 0 Å².